The van der Waals surface area contributed by atoms with Gasteiger partial charge in [-0.1, -0.05) is 12.1 Å². The number of carbonyl (C=O) groups excluding carboxylic acids is 2. The number of anilines is 1. The Labute approximate surface area is 173 Å². The Hall–Kier alpha value is -2.77. The molecule has 0 aliphatic carbocycles. The Morgan fingerprint density at radius 3 is 2.79 bits per heavy atom. The highest BCUT2D eigenvalue weighted by Crippen LogP contribution is 2.24. The van der Waals surface area contributed by atoms with E-state index >= 15 is 0 Å². The van der Waals surface area contributed by atoms with Crippen molar-refractivity contribution in [3.63, 3.8) is 0 Å². The lowest BCUT2D eigenvalue weighted by molar-refractivity contribution is -0.121. The summed E-state index contributed by atoms with van der Waals surface area (Å²) in [5.41, 5.74) is 3.94. The Balaban J connectivity index is 1.34. The molecule has 150 valence electrons. The summed E-state index contributed by atoms with van der Waals surface area (Å²) in [6.45, 7) is 4.10. The molecule has 0 spiro atoms. The Morgan fingerprint density at radius 1 is 1.28 bits per heavy atom. The van der Waals surface area contributed by atoms with Gasteiger partial charge in [-0.3, -0.25) is 19.6 Å². The fourth-order valence-electron chi connectivity index (χ4n) is 3.71. The van der Waals surface area contributed by atoms with Crippen LogP contribution in [0.4, 0.5) is 5.69 Å². The van der Waals surface area contributed by atoms with Gasteiger partial charge in [0.15, 0.2) is 5.78 Å². The molecule has 1 saturated heterocycles. The number of hydrogen-bond acceptors (Lipinski definition) is 5. The van der Waals surface area contributed by atoms with Gasteiger partial charge in [0.1, 0.15) is 0 Å². The molecule has 0 saturated carbocycles. The van der Waals surface area contributed by atoms with Crippen LogP contribution in [0.25, 0.3) is 11.3 Å². The number of likely N-dealkylation sites (tertiary alicyclic amines) is 1. The molecule has 2 N–H and O–H groups in total. The third-order valence-electron chi connectivity index (χ3n) is 5.25. The highest BCUT2D eigenvalue weighted by molar-refractivity contribution is 7.12. The molecule has 4 rings (SSSR count). The molecule has 1 unspecified atom stereocenters. The number of aromatic amines is 1. The summed E-state index contributed by atoms with van der Waals surface area (Å²) in [4.78, 5) is 27.4. The van der Waals surface area contributed by atoms with Crippen molar-refractivity contribution in [1.29, 1.82) is 0 Å². The van der Waals surface area contributed by atoms with E-state index in [9.17, 15) is 9.59 Å². The molecule has 2 aromatic heterocycles. The number of Topliss-reactive ketones (excluding diaryl/α,β-unsaturated/α-hetero) is 1. The molecule has 7 heteroatoms. The summed E-state index contributed by atoms with van der Waals surface area (Å²) in [7, 11) is 0. The molecule has 1 amide bonds. The topological polar surface area (TPSA) is 78.1 Å². The number of ketones is 1. The zero-order chi connectivity index (χ0) is 20.2. The molecule has 1 aromatic carbocycles. The first-order valence-corrected chi connectivity index (χ1v) is 10.7. The predicted octanol–water partition coefficient (Wildman–Crippen LogP) is 4.19. The van der Waals surface area contributed by atoms with Gasteiger partial charge in [0.2, 0.25) is 5.91 Å². The molecular formula is C22H24N4O2S. The van der Waals surface area contributed by atoms with Gasteiger partial charge >= 0.3 is 0 Å². The van der Waals surface area contributed by atoms with E-state index in [1.165, 1.54) is 11.3 Å². The summed E-state index contributed by atoms with van der Waals surface area (Å²) in [5, 5.41) is 12.0. The van der Waals surface area contributed by atoms with Gasteiger partial charge in [-0.15, -0.1) is 11.3 Å². The molecule has 29 heavy (non-hydrogen) atoms. The lowest BCUT2D eigenvalue weighted by Crippen LogP contribution is -2.40. The number of benzene rings is 1. The third-order valence-corrected chi connectivity index (χ3v) is 6.33. The predicted molar refractivity (Wildman–Crippen MR) is 115 cm³/mol. The SMILES string of the molecule is CC(=O)c1cc(CN2CCCC(C(=O)Nc3ccc(-c4ccn[nH]4)cc3)C2)cs1. The quantitative estimate of drug-likeness (QED) is 0.600. The second-order valence-corrected chi connectivity index (χ2v) is 8.40. The zero-order valence-corrected chi connectivity index (χ0v) is 17.2. The second-order valence-electron chi connectivity index (χ2n) is 7.49. The van der Waals surface area contributed by atoms with Crippen LogP contribution in [-0.4, -0.2) is 39.9 Å². The van der Waals surface area contributed by atoms with Crippen LogP contribution < -0.4 is 5.32 Å². The first kappa shape index (κ1) is 19.5. The maximum Gasteiger partial charge on any atom is 0.228 e. The zero-order valence-electron chi connectivity index (χ0n) is 16.4. The number of H-pyrrole nitrogens is 1. The maximum atomic E-state index is 12.8. The molecule has 0 bridgehead atoms. The Kier molecular flexibility index (Phi) is 5.87. The van der Waals surface area contributed by atoms with Crippen molar-refractivity contribution in [2.45, 2.75) is 26.3 Å². The van der Waals surface area contributed by atoms with Crippen molar-refractivity contribution < 1.29 is 9.59 Å². The lowest BCUT2D eigenvalue weighted by Gasteiger charge is -2.31. The van der Waals surface area contributed by atoms with E-state index < -0.39 is 0 Å². The van der Waals surface area contributed by atoms with Crippen LogP contribution in [0.1, 0.15) is 35.0 Å². The van der Waals surface area contributed by atoms with Crippen molar-refractivity contribution >= 4 is 28.7 Å². The standard InChI is InChI=1S/C22H24N4O2S/c1-15(27)21-11-16(14-29-21)12-26-10-2-3-18(13-26)22(28)24-19-6-4-17(5-7-19)20-8-9-23-25-20/h4-9,11,14,18H,2-3,10,12-13H2,1H3,(H,23,25)(H,24,28). The van der Waals surface area contributed by atoms with Gasteiger partial charge in [-0.05, 0) is 67.1 Å². The average molecular weight is 409 g/mol. The van der Waals surface area contributed by atoms with E-state index in [4.69, 9.17) is 0 Å². The number of aromatic nitrogens is 2. The van der Waals surface area contributed by atoms with Crippen molar-refractivity contribution in [1.82, 2.24) is 15.1 Å². The summed E-state index contributed by atoms with van der Waals surface area (Å²) < 4.78 is 0. The number of amides is 1. The van der Waals surface area contributed by atoms with Crippen molar-refractivity contribution in [2.75, 3.05) is 18.4 Å². The molecule has 1 aliphatic rings. The lowest BCUT2D eigenvalue weighted by atomic mass is 9.96. The summed E-state index contributed by atoms with van der Waals surface area (Å²) in [6, 6.07) is 11.7. The number of piperidine rings is 1. The van der Waals surface area contributed by atoms with Crippen LogP contribution in [0, 0.1) is 5.92 Å². The van der Waals surface area contributed by atoms with Gasteiger partial charge in [-0.25, -0.2) is 0 Å². The fourth-order valence-corrected chi connectivity index (χ4v) is 4.51. The number of hydrogen-bond donors (Lipinski definition) is 2. The van der Waals surface area contributed by atoms with Gasteiger partial charge in [0.05, 0.1) is 16.5 Å². The van der Waals surface area contributed by atoms with E-state index in [0.717, 1.165) is 59.9 Å². The highest BCUT2D eigenvalue weighted by atomic mass is 32.1. The molecule has 3 aromatic rings. The van der Waals surface area contributed by atoms with Gasteiger partial charge < -0.3 is 5.32 Å². The van der Waals surface area contributed by atoms with E-state index in [-0.39, 0.29) is 17.6 Å². The second kappa shape index (κ2) is 8.71. The van der Waals surface area contributed by atoms with Crippen LogP contribution in [0.15, 0.2) is 48.0 Å². The third kappa shape index (κ3) is 4.81. The minimum atomic E-state index is -0.0260. The van der Waals surface area contributed by atoms with Crippen molar-refractivity contribution in [3.8, 4) is 11.3 Å². The van der Waals surface area contributed by atoms with E-state index in [2.05, 4.69) is 20.4 Å². The number of carbonyl (C=O) groups is 2. The molecule has 1 aliphatic heterocycles. The molecule has 6 nitrogen and oxygen atoms in total. The van der Waals surface area contributed by atoms with Gasteiger partial charge in [0, 0.05) is 25.0 Å². The molecule has 1 atom stereocenters. The highest BCUT2D eigenvalue weighted by Gasteiger charge is 2.26. The molecule has 0 radical (unpaired) electrons. The van der Waals surface area contributed by atoms with Gasteiger partial charge in [-0.2, -0.15) is 5.10 Å². The van der Waals surface area contributed by atoms with Crippen LogP contribution in [0.5, 0.6) is 0 Å². The summed E-state index contributed by atoms with van der Waals surface area (Å²) in [6.07, 6.45) is 3.62. The largest absolute Gasteiger partial charge is 0.326 e. The van der Waals surface area contributed by atoms with Crippen molar-refractivity contribution in [3.05, 3.63) is 58.4 Å². The Morgan fingerprint density at radius 2 is 2.10 bits per heavy atom. The van der Waals surface area contributed by atoms with Gasteiger partial charge in [0.25, 0.3) is 0 Å². The first-order valence-electron chi connectivity index (χ1n) is 9.80. The van der Waals surface area contributed by atoms with E-state index in [0.29, 0.717) is 0 Å². The van der Waals surface area contributed by atoms with Crippen molar-refractivity contribution in [2.24, 2.45) is 5.92 Å². The normalized spacial score (nSPS) is 17.2. The minimum Gasteiger partial charge on any atom is -0.326 e. The average Bonchev–Trinajstić information content (AvgIpc) is 3.41. The van der Waals surface area contributed by atoms with E-state index in [1.54, 1.807) is 13.1 Å². The van der Waals surface area contributed by atoms with Crippen LogP contribution in [0.3, 0.4) is 0 Å². The minimum absolute atomic E-state index is 0.0260. The molecule has 1 fully saturated rings. The molecular weight excluding hydrogens is 384 g/mol. The molecule has 3 heterocycles. The summed E-state index contributed by atoms with van der Waals surface area (Å²) >= 11 is 1.49. The van der Waals surface area contributed by atoms with Crippen LogP contribution in [-0.2, 0) is 11.3 Å². The fraction of sp³-hybridized carbons (Fsp3) is 0.318. The number of nitrogens with one attached hydrogen (secondary N) is 2. The van der Waals surface area contributed by atoms with Crippen LogP contribution in [0.2, 0.25) is 0 Å². The smallest absolute Gasteiger partial charge is 0.228 e. The van der Waals surface area contributed by atoms with Crippen LogP contribution >= 0.6 is 11.3 Å². The number of thiophene rings is 1. The number of nitrogens with zero attached hydrogens (tertiary/aromatic N) is 2. The number of rotatable bonds is 6. The summed E-state index contributed by atoms with van der Waals surface area (Å²) in [5.74, 6) is 0.149. The Bertz CT molecular complexity index is 979. The first-order chi connectivity index (χ1) is 14.1. The monoisotopic (exact) mass is 408 g/mol. The van der Waals surface area contributed by atoms with E-state index in [1.807, 2.05) is 41.8 Å². The maximum absolute atomic E-state index is 12.8.